The van der Waals surface area contributed by atoms with Gasteiger partial charge in [-0.05, 0) is 35.4 Å². The first-order valence-electron chi connectivity index (χ1n) is 9.66. The van der Waals surface area contributed by atoms with Gasteiger partial charge < -0.3 is 35.4 Å². The zero-order valence-electron chi connectivity index (χ0n) is 16.5. The predicted octanol–water partition coefficient (Wildman–Crippen LogP) is -0.0714. The molecule has 0 heterocycles. The van der Waals surface area contributed by atoms with E-state index in [1.165, 1.54) is 55.6 Å². The number of hydrogen-bond donors (Lipinski definition) is 6. The van der Waals surface area contributed by atoms with Crippen LogP contribution < -0.4 is 0 Å². The fraction of sp³-hybridized carbons (Fsp3) is 0.409. The van der Waals surface area contributed by atoms with Crippen molar-refractivity contribution in [2.75, 3.05) is 13.7 Å². The van der Waals surface area contributed by atoms with Crippen molar-refractivity contribution in [3.05, 3.63) is 70.2 Å². The molecule has 0 aromatic heterocycles. The van der Waals surface area contributed by atoms with E-state index in [9.17, 15) is 35.4 Å². The molecule has 31 heavy (non-hydrogen) atoms. The normalized spacial score (nSPS) is 37.2. The first-order chi connectivity index (χ1) is 14.6. The first kappa shape index (κ1) is 22.2. The molecule has 4 rings (SSSR count). The molecule has 9 heteroatoms. The van der Waals surface area contributed by atoms with Gasteiger partial charge in [-0.1, -0.05) is 35.9 Å². The number of rotatable bonds is 5. The Morgan fingerprint density at radius 1 is 1.06 bits per heavy atom. The SMILES string of the molecule is COC(=O)c1ccc(C2[C@]3(O)C(O)C(c4ccc(Cl)cc4)[C@]3(O)[C@]2(O)[C@H](O)CO)cc1. The molecule has 166 valence electrons. The van der Waals surface area contributed by atoms with Crippen LogP contribution in [-0.4, -0.2) is 79.3 Å². The molecule has 2 aliphatic carbocycles. The van der Waals surface area contributed by atoms with Gasteiger partial charge in [0, 0.05) is 10.9 Å². The molecule has 7 atom stereocenters. The van der Waals surface area contributed by atoms with Crippen LogP contribution in [0.1, 0.15) is 33.3 Å². The number of hydrogen-bond acceptors (Lipinski definition) is 8. The number of fused-ring (bicyclic) bond motifs is 1. The molecule has 0 radical (unpaired) electrons. The number of benzene rings is 2. The van der Waals surface area contributed by atoms with E-state index in [0.29, 0.717) is 10.6 Å². The third kappa shape index (κ3) is 2.55. The van der Waals surface area contributed by atoms with E-state index in [-0.39, 0.29) is 11.1 Å². The summed E-state index contributed by atoms with van der Waals surface area (Å²) in [5.41, 5.74) is -6.11. The molecule has 8 nitrogen and oxygen atoms in total. The van der Waals surface area contributed by atoms with E-state index in [0.717, 1.165) is 0 Å². The van der Waals surface area contributed by atoms with E-state index in [2.05, 4.69) is 4.74 Å². The Morgan fingerprint density at radius 3 is 2.13 bits per heavy atom. The van der Waals surface area contributed by atoms with Gasteiger partial charge in [-0.3, -0.25) is 0 Å². The number of esters is 1. The number of halogens is 1. The second-order valence-corrected chi connectivity index (χ2v) is 8.57. The van der Waals surface area contributed by atoms with Crippen molar-refractivity contribution < 1.29 is 40.2 Å². The van der Waals surface area contributed by atoms with E-state index >= 15 is 0 Å². The smallest absolute Gasteiger partial charge is 0.337 e. The van der Waals surface area contributed by atoms with Gasteiger partial charge >= 0.3 is 5.97 Å². The zero-order chi connectivity index (χ0) is 22.8. The number of carbonyl (C=O) groups is 1. The molecule has 3 unspecified atom stereocenters. The Hall–Kier alpha value is -2.04. The van der Waals surface area contributed by atoms with Gasteiger partial charge in [-0.15, -0.1) is 0 Å². The molecule has 0 spiro atoms. The zero-order valence-corrected chi connectivity index (χ0v) is 17.3. The van der Waals surface area contributed by atoms with Gasteiger partial charge in [0.05, 0.1) is 31.3 Å². The Kier molecular flexibility index (Phi) is 5.18. The van der Waals surface area contributed by atoms with Gasteiger partial charge in [0.1, 0.15) is 22.9 Å². The van der Waals surface area contributed by atoms with Gasteiger partial charge in [-0.25, -0.2) is 4.79 Å². The Balaban J connectivity index is 1.80. The average Bonchev–Trinajstić information content (AvgIpc) is 2.79. The minimum atomic E-state index is -2.40. The summed E-state index contributed by atoms with van der Waals surface area (Å²) in [6.07, 6.45) is -3.32. The third-order valence-corrected chi connectivity index (χ3v) is 7.15. The van der Waals surface area contributed by atoms with Crippen LogP contribution in [0.2, 0.25) is 5.02 Å². The number of aliphatic hydroxyl groups excluding tert-OH is 3. The lowest BCUT2D eigenvalue weighted by Crippen LogP contribution is -2.99. The predicted molar refractivity (Wildman–Crippen MR) is 109 cm³/mol. The summed E-state index contributed by atoms with van der Waals surface area (Å²) in [5.74, 6) is -3.09. The molecular weight excluding hydrogens is 428 g/mol. The Morgan fingerprint density at radius 2 is 1.61 bits per heavy atom. The summed E-state index contributed by atoms with van der Waals surface area (Å²) in [6, 6.07) is 11.8. The minimum Gasteiger partial charge on any atom is -0.465 e. The molecule has 2 aromatic carbocycles. The van der Waals surface area contributed by atoms with Gasteiger partial charge in [0.25, 0.3) is 0 Å². The average molecular weight is 451 g/mol. The number of carbonyl (C=O) groups excluding carboxylic acids is 1. The van der Waals surface area contributed by atoms with Crippen molar-refractivity contribution >= 4 is 17.6 Å². The molecule has 2 aliphatic rings. The monoisotopic (exact) mass is 450 g/mol. The molecule has 2 fully saturated rings. The van der Waals surface area contributed by atoms with Crippen LogP contribution in [0.15, 0.2) is 48.5 Å². The second-order valence-electron chi connectivity index (χ2n) is 8.14. The summed E-state index contributed by atoms with van der Waals surface area (Å²) in [4.78, 5) is 11.7. The van der Waals surface area contributed by atoms with Crippen LogP contribution >= 0.6 is 11.6 Å². The molecule has 0 bridgehead atoms. The summed E-state index contributed by atoms with van der Waals surface area (Å²) in [7, 11) is 1.23. The summed E-state index contributed by atoms with van der Waals surface area (Å²) >= 11 is 5.90. The summed E-state index contributed by atoms with van der Waals surface area (Å²) in [5, 5.41) is 65.7. The maximum Gasteiger partial charge on any atom is 0.337 e. The van der Waals surface area contributed by atoms with Crippen molar-refractivity contribution in [2.45, 2.75) is 40.8 Å². The topological polar surface area (TPSA) is 148 Å². The standard InChI is InChI=1S/C22H23ClO8/c1-31-19(27)13-4-2-12(3-5-13)17-20(28,15(25)10-24)22(30)16(18(26)21(17,22)29)11-6-8-14(23)9-7-11/h2-9,15-18,24-26,28-30H,10H2,1H3/t15-,16?,17?,18?,20+,21+,22+/m1/s1. The number of ether oxygens (including phenoxy) is 1. The fourth-order valence-electron chi connectivity index (χ4n) is 5.42. The molecule has 2 saturated carbocycles. The highest BCUT2D eigenvalue weighted by Gasteiger charge is 2.93. The van der Waals surface area contributed by atoms with E-state index in [1.54, 1.807) is 0 Å². The van der Waals surface area contributed by atoms with Crippen LogP contribution in [-0.2, 0) is 4.74 Å². The maximum absolute atomic E-state index is 11.7. The van der Waals surface area contributed by atoms with E-state index in [4.69, 9.17) is 11.6 Å². The van der Waals surface area contributed by atoms with Crippen LogP contribution in [0, 0.1) is 0 Å². The summed E-state index contributed by atoms with van der Waals surface area (Å²) < 4.78 is 4.65. The van der Waals surface area contributed by atoms with Gasteiger partial charge in [0.2, 0.25) is 0 Å². The van der Waals surface area contributed by atoms with Crippen molar-refractivity contribution in [2.24, 2.45) is 0 Å². The van der Waals surface area contributed by atoms with Crippen LogP contribution in [0.5, 0.6) is 0 Å². The number of aliphatic hydroxyl groups is 6. The van der Waals surface area contributed by atoms with E-state index in [1.807, 2.05) is 0 Å². The largest absolute Gasteiger partial charge is 0.465 e. The van der Waals surface area contributed by atoms with Crippen LogP contribution in [0.4, 0.5) is 0 Å². The summed E-state index contributed by atoms with van der Waals surface area (Å²) in [6.45, 7) is -0.894. The first-order valence-corrected chi connectivity index (χ1v) is 10.0. The molecule has 0 aliphatic heterocycles. The lowest BCUT2D eigenvalue weighted by Gasteiger charge is -2.80. The highest BCUT2D eigenvalue weighted by atomic mass is 35.5. The molecular formula is C22H23ClO8. The fourth-order valence-corrected chi connectivity index (χ4v) is 5.54. The van der Waals surface area contributed by atoms with Crippen molar-refractivity contribution in [1.82, 2.24) is 0 Å². The number of methoxy groups -OCH3 is 1. The molecule has 2 aromatic rings. The third-order valence-electron chi connectivity index (χ3n) is 6.89. The molecule has 0 amide bonds. The second kappa shape index (κ2) is 7.25. The molecule has 0 saturated heterocycles. The van der Waals surface area contributed by atoms with Crippen LogP contribution in [0.25, 0.3) is 0 Å². The lowest BCUT2D eigenvalue weighted by molar-refractivity contribution is -0.459. The van der Waals surface area contributed by atoms with Crippen molar-refractivity contribution in [3.63, 3.8) is 0 Å². The lowest BCUT2D eigenvalue weighted by atomic mass is 9.30. The maximum atomic E-state index is 11.7. The Bertz CT molecular complexity index is 996. The van der Waals surface area contributed by atoms with E-state index < -0.39 is 53.4 Å². The highest BCUT2D eigenvalue weighted by molar-refractivity contribution is 6.30. The van der Waals surface area contributed by atoms with Crippen molar-refractivity contribution in [3.8, 4) is 0 Å². The minimum absolute atomic E-state index is 0.215. The highest BCUT2D eigenvalue weighted by Crippen LogP contribution is 2.75. The van der Waals surface area contributed by atoms with Crippen molar-refractivity contribution in [1.29, 1.82) is 0 Å². The quantitative estimate of drug-likeness (QED) is 0.347. The van der Waals surface area contributed by atoms with Gasteiger partial charge in [0.15, 0.2) is 0 Å². The van der Waals surface area contributed by atoms with Gasteiger partial charge in [-0.2, -0.15) is 0 Å². The van der Waals surface area contributed by atoms with Crippen LogP contribution in [0.3, 0.4) is 0 Å². The Labute approximate surface area is 182 Å². The molecule has 6 N–H and O–H groups in total.